The summed E-state index contributed by atoms with van der Waals surface area (Å²) in [5.41, 5.74) is 3.72. The second kappa shape index (κ2) is 3.59. The molecule has 14 heavy (non-hydrogen) atoms. The Labute approximate surface area is 87.2 Å². The van der Waals surface area contributed by atoms with Crippen LogP contribution in [0.1, 0.15) is 34.7 Å². The van der Waals surface area contributed by atoms with E-state index in [1.54, 1.807) is 6.07 Å². The summed E-state index contributed by atoms with van der Waals surface area (Å²) in [6.45, 7) is 0. The molecule has 0 bridgehead atoms. The molecule has 0 radical (unpaired) electrons. The monoisotopic (exact) mass is 210 g/mol. The van der Waals surface area contributed by atoms with Gasteiger partial charge in [-0.1, -0.05) is 17.7 Å². The second-order valence-electron chi connectivity index (χ2n) is 3.49. The topological polar surface area (TPSA) is 55.1 Å². The summed E-state index contributed by atoms with van der Waals surface area (Å²) < 4.78 is 0. The molecule has 2 rings (SSSR count). The fraction of sp³-hybridized carbons (Fsp3) is 0.300. The Morgan fingerprint density at radius 2 is 2.21 bits per heavy atom. The zero-order valence-electron chi connectivity index (χ0n) is 7.59. The lowest BCUT2D eigenvalue weighted by Gasteiger charge is -2.05. The number of rotatable bonds is 2. The Hall–Kier alpha value is -1.06. The summed E-state index contributed by atoms with van der Waals surface area (Å²) in [6.07, 6.45) is 2.40. The van der Waals surface area contributed by atoms with Gasteiger partial charge in [0, 0.05) is 0 Å². The molecule has 1 aliphatic carbocycles. The molecular weight excluding hydrogens is 200 g/mol. The lowest BCUT2D eigenvalue weighted by Crippen LogP contribution is -2.30. The molecule has 3 nitrogen and oxygen atoms in total. The summed E-state index contributed by atoms with van der Waals surface area (Å²) in [5.74, 6) is 5.33. The Morgan fingerprint density at radius 3 is 2.79 bits per heavy atom. The number of carbonyl (C=O) groups excluding carboxylic acids is 1. The summed E-state index contributed by atoms with van der Waals surface area (Å²) >= 11 is 5.88. The Bertz CT molecular complexity index is 374. The van der Waals surface area contributed by atoms with Crippen LogP contribution in [-0.4, -0.2) is 5.91 Å². The zero-order chi connectivity index (χ0) is 10.1. The van der Waals surface area contributed by atoms with Gasteiger partial charge in [-0.05, 0) is 36.5 Å². The third kappa shape index (κ3) is 1.74. The molecule has 0 atom stereocenters. The summed E-state index contributed by atoms with van der Waals surface area (Å²) in [6, 6.07) is 5.54. The quantitative estimate of drug-likeness (QED) is 0.445. The van der Waals surface area contributed by atoms with Gasteiger partial charge in [-0.15, -0.1) is 0 Å². The van der Waals surface area contributed by atoms with Gasteiger partial charge in [0.1, 0.15) is 0 Å². The average Bonchev–Trinajstić information content (AvgIpc) is 3.01. The predicted octanol–water partition coefficient (Wildman–Crippen LogP) is 1.82. The van der Waals surface area contributed by atoms with Gasteiger partial charge in [0.15, 0.2) is 0 Å². The van der Waals surface area contributed by atoms with Crippen molar-refractivity contribution >= 4 is 17.5 Å². The number of carbonyl (C=O) groups is 1. The zero-order valence-corrected chi connectivity index (χ0v) is 8.34. The number of benzene rings is 1. The fourth-order valence-corrected chi connectivity index (χ4v) is 1.67. The van der Waals surface area contributed by atoms with E-state index in [0.717, 1.165) is 0 Å². The number of halogens is 1. The first-order valence-corrected chi connectivity index (χ1v) is 4.90. The number of hydrazine groups is 1. The molecule has 1 amide bonds. The Balaban J connectivity index is 2.36. The van der Waals surface area contributed by atoms with E-state index in [9.17, 15) is 4.79 Å². The van der Waals surface area contributed by atoms with Crippen molar-refractivity contribution in [3.05, 3.63) is 34.3 Å². The van der Waals surface area contributed by atoms with E-state index in [2.05, 4.69) is 5.43 Å². The van der Waals surface area contributed by atoms with Gasteiger partial charge in [0.25, 0.3) is 5.91 Å². The first-order valence-electron chi connectivity index (χ1n) is 4.52. The SMILES string of the molecule is NNC(=O)c1cc(C2CC2)ccc1Cl. The number of hydrogen-bond acceptors (Lipinski definition) is 2. The van der Waals surface area contributed by atoms with E-state index in [1.165, 1.54) is 18.4 Å². The van der Waals surface area contributed by atoms with Crippen molar-refractivity contribution in [3.63, 3.8) is 0 Å². The lowest BCUT2D eigenvalue weighted by atomic mass is 10.1. The number of nitrogens with two attached hydrogens (primary N) is 1. The molecule has 1 saturated carbocycles. The van der Waals surface area contributed by atoms with Gasteiger partial charge in [0.05, 0.1) is 10.6 Å². The minimum atomic E-state index is -0.336. The maximum atomic E-state index is 11.3. The van der Waals surface area contributed by atoms with Crippen molar-refractivity contribution in [1.29, 1.82) is 0 Å². The van der Waals surface area contributed by atoms with Crippen molar-refractivity contribution < 1.29 is 4.79 Å². The highest BCUT2D eigenvalue weighted by Crippen LogP contribution is 2.40. The molecule has 1 aromatic carbocycles. The predicted molar refractivity (Wildman–Crippen MR) is 55.1 cm³/mol. The first-order chi connectivity index (χ1) is 6.72. The van der Waals surface area contributed by atoms with Crippen molar-refractivity contribution in [2.45, 2.75) is 18.8 Å². The van der Waals surface area contributed by atoms with Crippen molar-refractivity contribution in [1.82, 2.24) is 5.43 Å². The van der Waals surface area contributed by atoms with Gasteiger partial charge in [-0.3, -0.25) is 10.2 Å². The van der Waals surface area contributed by atoms with E-state index < -0.39 is 0 Å². The molecule has 0 aliphatic heterocycles. The van der Waals surface area contributed by atoms with Crippen LogP contribution in [-0.2, 0) is 0 Å². The van der Waals surface area contributed by atoms with Gasteiger partial charge < -0.3 is 0 Å². The highest BCUT2D eigenvalue weighted by atomic mass is 35.5. The van der Waals surface area contributed by atoms with Crippen molar-refractivity contribution in [2.75, 3.05) is 0 Å². The van der Waals surface area contributed by atoms with Crippen LogP contribution in [0.3, 0.4) is 0 Å². The molecule has 0 aromatic heterocycles. The van der Waals surface area contributed by atoms with Crippen molar-refractivity contribution in [2.24, 2.45) is 5.84 Å². The van der Waals surface area contributed by atoms with Gasteiger partial charge in [-0.25, -0.2) is 5.84 Å². The van der Waals surface area contributed by atoms with Crippen molar-refractivity contribution in [3.8, 4) is 0 Å². The fourth-order valence-electron chi connectivity index (χ4n) is 1.47. The highest BCUT2D eigenvalue weighted by Gasteiger charge is 2.24. The number of nitrogen functional groups attached to an aromatic ring is 1. The molecule has 0 saturated heterocycles. The number of amides is 1. The molecule has 3 N–H and O–H groups in total. The number of nitrogens with one attached hydrogen (secondary N) is 1. The lowest BCUT2D eigenvalue weighted by molar-refractivity contribution is 0.0953. The van der Waals surface area contributed by atoms with Crippen LogP contribution in [0.2, 0.25) is 5.02 Å². The maximum absolute atomic E-state index is 11.3. The van der Waals surface area contributed by atoms with E-state index >= 15 is 0 Å². The summed E-state index contributed by atoms with van der Waals surface area (Å²) in [5, 5.41) is 0.442. The van der Waals surface area contributed by atoms with E-state index in [1.807, 2.05) is 12.1 Å². The minimum Gasteiger partial charge on any atom is -0.290 e. The molecule has 0 heterocycles. The van der Waals surface area contributed by atoms with Crippen LogP contribution in [0.25, 0.3) is 0 Å². The normalized spacial score (nSPS) is 15.3. The average molecular weight is 211 g/mol. The van der Waals surface area contributed by atoms with Crippen LogP contribution in [0.4, 0.5) is 0 Å². The smallest absolute Gasteiger partial charge is 0.266 e. The molecule has 1 aliphatic rings. The molecule has 0 spiro atoms. The molecule has 74 valence electrons. The number of hydrogen-bond donors (Lipinski definition) is 2. The van der Waals surface area contributed by atoms with Crippen LogP contribution >= 0.6 is 11.6 Å². The Morgan fingerprint density at radius 1 is 1.50 bits per heavy atom. The van der Waals surface area contributed by atoms with Gasteiger partial charge in [-0.2, -0.15) is 0 Å². The molecule has 4 heteroatoms. The van der Waals surface area contributed by atoms with E-state index in [-0.39, 0.29) is 5.91 Å². The standard InChI is InChI=1S/C10H11ClN2O/c11-9-4-3-7(6-1-2-6)5-8(9)10(14)13-12/h3-6H,1-2,12H2,(H,13,14). The highest BCUT2D eigenvalue weighted by molar-refractivity contribution is 6.33. The third-order valence-electron chi connectivity index (χ3n) is 2.41. The molecular formula is C10H11ClN2O. The summed E-state index contributed by atoms with van der Waals surface area (Å²) in [7, 11) is 0. The van der Waals surface area contributed by atoms with Crippen LogP contribution in [0.5, 0.6) is 0 Å². The molecule has 1 fully saturated rings. The van der Waals surface area contributed by atoms with Gasteiger partial charge in [0.2, 0.25) is 0 Å². The van der Waals surface area contributed by atoms with E-state index in [4.69, 9.17) is 17.4 Å². The maximum Gasteiger partial charge on any atom is 0.266 e. The Kier molecular flexibility index (Phi) is 2.44. The first kappa shape index (κ1) is 9.49. The van der Waals surface area contributed by atoms with E-state index in [0.29, 0.717) is 16.5 Å². The molecule has 0 unspecified atom stereocenters. The van der Waals surface area contributed by atoms with Crippen LogP contribution in [0.15, 0.2) is 18.2 Å². The second-order valence-corrected chi connectivity index (χ2v) is 3.89. The third-order valence-corrected chi connectivity index (χ3v) is 2.74. The van der Waals surface area contributed by atoms with Gasteiger partial charge >= 0.3 is 0 Å². The van der Waals surface area contributed by atoms with Crippen LogP contribution in [0, 0.1) is 0 Å². The van der Waals surface area contributed by atoms with Crippen LogP contribution < -0.4 is 11.3 Å². The largest absolute Gasteiger partial charge is 0.290 e. The summed E-state index contributed by atoms with van der Waals surface area (Å²) in [4.78, 5) is 11.3. The molecule has 1 aromatic rings. The minimum absolute atomic E-state index is 0.336.